The Balaban J connectivity index is 3.12. The first-order valence-corrected chi connectivity index (χ1v) is 4.50. The highest BCUT2D eigenvalue weighted by atomic mass is 35.5. The van der Waals surface area contributed by atoms with Gasteiger partial charge in [-0.1, -0.05) is 18.5 Å². The van der Waals surface area contributed by atoms with E-state index < -0.39 is 0 Å². The molecule has 0 spiro atoms. The van der Waals surface area contributed by atoms with Gasteiger partial charge in [-0.05, 0) is 24.1 Å². The second-order valence-corrected chi connectivity index (χ2v) is 3.20. The summed E-state index contributed by atoms with van der Waals surface area (Å²) >= 11 is 5.91. The van der Waals surface area contributed by atoms with E-state index in [-0.39, 0.29) is 12.2 Å². The van der Waals surface area contributed by atoms with Crippen LogP contribution >= 0.6 is 11.6 Å². The van der Waals surface area contributed by atoms with Gasteiger partial charge in [-0.25, -0.2) is 0 Å². The molecule has 0 fully saturated rings. The van der Waals surface area contributed by atoms with Gasteiger partial charge in [0.1, 0.15) is 12.0 Å². The predicted molar refractivity (Wildman–Crippen MR) is 52.3 cm³/mol. The van der Waals surface area contributed by atoms with Crippen LogP contribution in [0, 0.1) is 0 Å². The molecule has 0 amide bonds. The van der Waals surface area contributed by atoms with Gasteiger partial charge in [0.05, 0.1) is 0 Å². The Kier molecular flexibility index (Phi) is 3.32. The highest BCUT2D eigenvalue weighted by Crippen LogP contribution is 2.26. The normalized spacial score (nSPS) is 10.0. The van der Waals surface area contributed by atoms with Gasteiger partial charge in [-0.3, -0.25) is 0 Å². The Hall–Kier alpha value is -1.02. The molecule has 0 aromatic heterocycles. The van der Waals surface area contributed by atoms with Crippen LogP contribution in [-0.2, 0) is 17.6 Å². The molecule has 0 saturated carbocycles. The smallest absolute Gasteiger partial charge is 0.124 e. The Bertz CT molecular complexity index is 321. The standard InChI is InChI=1S/C10H11ClO2/c1-2-7-6-10(13)8(3-4-12)5-9(7)11/h4-6,13H,2-3H2,1H3. The molecular weight excluding hydrogens is 188 g/mol. The summed E-state index contributed by atoms with van der Waals surface area (Å²) in [4.78, 5) is 10.2. The summed E-state index contributed by atoms with van der Waals surface area (Å²) in [7, 11) is 0. The molecule has 0 aliphatic carbocycles. The molecule has 0 bridgehead atoms. The third-order valence-electron chi connectivity index (χ3n) is 1.93. The van der Waals surface area contributed by atoms with Crippen molar-refractivity contribution in [3.8, 4) is 5.75 Å². The first-order chi connectivity index (χ1) is 6.19. The van der Waals surface area contributed by atoms with E-state index in [2.05, 4.69) is 0 Å². The predicted octanol–water partition coefficient (Wildman–Crippen LogP) is 2.35. The minimum Gasteiger partial charge on any atom is -0.508 e. The van der Waals surface area contributed by atoms with E-state index >= 15 is 0 Å². The molecule has 0 heterocycles. The number of benzene rings is 1. The maximum atomic E-state index is 10.2. The average molecular weight is 199 g/mol. The molecule has 70 valence electrons. The maximum Gasteiger partial charge on any atom is 0.124 e. The Labute approximate surface area is 82.2 Å². The summed E-state index contributed by atoms with van der Waals surface area (Å²) < 4.78 is 0. The summed E-state index contributed by atoms with van der Waals surface area (Å²) in [6.45, 7) is 1.96. The fourth-order valence-corrected chi connectivity index (χ4v) is 1.49. The van der Waals surface area contributed by atoms with Gasteiger partial charge in [-0.2, -0.15) is 0 Å². The first kappa shape index (κ1) is 10.1. The number of halogens is 1. The van der Waals surface area contributed by atoms with Crippen LogP contribution in [-0.4, -0.2) is 11.4 Å². The molecule has 1 aromatic carbocycles. The lowest BCUT2D eigenvalue weighted by molar-refractivity contribution is -0.107. The third kappa shape index (κ3) is 2.22. The number of carbonyl (C=O) groups excluding carboxylic acids is 1. The van der Waals surface area contributed by atoms with Crippen molar-refractivity contribution < 1.29 is 9.90 Å². The van der Waals surface area contributed by atoms with Crippen LogP contribution in [0.1, 0.15) is 18.1 Å². The van der Waals surface area contributed by atoms with Crippen LogP contribution in [0.15, 0.2) is 12.1 Å². The van der Waals surface area contributed by atoms with Crippen LogP contribution in [0.5, 0.6) is 5.75 Å². The molecule has 0 saturated heterocycles. The maximum absolute atomic E-state index is 10.2. The fourth-order valence-electron chi connectivity index (χ4n) is 1.17. The third-order valence-corrected chi connectivity index (χ3v) is 2.28. The fraction of sp³-hybridized carbons (Fsp3) is 0.300. The van der Waals surface area contributed by atoms with Gasteiger partial charge in [0, 0.05) is 17.0 Å². The topological polar surface area (TPSA) is 37.3 Å². The second-order valence-electron chi connectivity index (χ2n) is 2.80. The highest BCUT2D eigenvalue weighted by molar-refractivity contribution is 6.31. The van der Waals surface area contributed by atoms with E-state index in [1.165, 1.54) is 0 Å². The lowest BCUT2D eigenvalue weighted by atomic mass is 10.1. The number of rotatable bonds is 3. The van der Waals surface area contributed by atoms with Crippen molar-refractivity contribution in [1.29, 1.82) is 0 Å². The monoisotopic (exact) mass is 198 g/mol. The number of aryl methyl sites for hydroxylation is 1. The summed E-state index contributed by atoms with van der Waals surface area (Å²) in [5.41, 5.74) is 1.48. The van der Waals surface area contributed by atoms with Crippen molar-refractivity contribution in [2.24, 2.45) is 0 Å². The lowest BCUT2D eigenvalue weighted by Crippen LogP contribution is -1.90. The zero-order chi connectivity index (χ0) is 9.84. The van der Waals surface area contributed by atoms with Gasteiger partial charge in [-0.15, -0.1) is 0 Å². The van der Waals surface area contributed by atoms with Gasteiger partial charge in [0.2, 0.25) is 0 Å². The molecule has 0 aliphatic rings. The molecule has 1 aromatic rings. The van der Waals surface area contributed by atoms with Crippen LogP contribution in [0.2, 0.25) is 5.02 Å². The van der Waals surface area contributed by atoms with Crippen molar-refractivity contribution in [1.82, 2.24) is 0 Å². The zero-order valence-corrected chi connectivity index (χ0v) is 8.14. The van der Waals surface area contributed by atoms with Crippen LogP contribution in [0.4, 0.5) is 0 Å². The summed E-state index contributed by atoms with van der Waals surface area (Å²) in [6.07, 6.45) is 1.72. The van der Waals surface area contributed by atoms with E-state index in [1.807, 2.05) is 6.92 Å². The first-order valence-electron chi connectivity index (χ1n) is 4.13. The average Bonchev–Trinajstić information content (AvgIpc) is 2.11. The Morgan fingerprint density at radius 1 is 1.46 bits per heavy atom. The van der Waals surface area contributed by atoms with Crippen molar-refractivity contribution >= 4 is 17.9 Å². The number of aldehydes is 1. The molecule has 13 heavy (non-hydrogen) atoms. The summed E-state index contributed by atoms with van der Waals surface area (Å²) in [5, 5.41) is 10.1. The van der Waals surface area contributed by atoms with Gasteiger partial charge in [0.25, 0.3) is 0 Å². The largest absolute Gasteiger partial charge is 0.508 e. The molecule has 0 atom stereocenters. The molecule has 0 aliphatic heterocycles. The minimum atomic E-state index is 0.147. The molecule has 0 radical (unpaired) electrons. The van der Waals surface area contributed by atoms with Crippen molar-refractivity contribution in [3.63, 3.8) is 0 Å². The number of hydrogen-bond donors (Lipinski definition) is 1. The van der Waals surface area contributed by atoms with Crippen molar-refractivity contribution in [3.05, 3.63) is 28.3 Å². The molecule has 2 nitrogen and oxygen atoms in total. The molecule has 1 N–H and O–H groups in total. The Morgan fingerprint density at radius 3 is 2.69 bits per heavy atom. The molecule has 1 rings (SSSR count). The number of phenolic OH excluding ortho intramolecular Hbond substituents is 1. The summed E-state index contributed by atoms with van der Waals surface area (Å²) in [5.74, 6) is 0.147. The van der Waals surface area contributed by atoms with Gasteiger partial charge < -0.3 is 9.90 Å². The highest BCUT2D eigenvalue weighted by Gasteiger charge is 2.05. The minimum absolute atomic E-state index is 0.147. The number of aromatic hydroxyl groups is 1. The van der Waals surface area contributed by atoms with Crippen LogP contribution in [0.25, 0.3) is 0 Å². The summed E-state index contributed by atoms with van der Waals surface area (Å²) in [6, 6.07) is 3.26. The quantitative estimate of drug-likeness (QED) is 0.758. The lowest BCUT2D eigenvalue weighted by Gasteiger charge is -2.05. The number of carbonyl (C=O) groups is 1. The van der Waals surface area contributed by atoms with Crippen molar-refractivity contribution in [2.75, 3.05) is 0 Å². The second kappa shape index (κ2) is 4.28. The Morgan fingerprint density at radius 2 is 2.15 bits per heavy atom. The number of hydrogen-bond acceptors (Lipinski definition) is 2. The van der Waals surface area contributed by atoms with Crippen LogP contribution < -0.4 is 0 Å². The van der Waals surface area contributed by atoms with Crippen LogP contribution in [0.3, 0.4) is 0 Å². The van der Waals surface area contributed by atoms with E-state index in [4.69, 9.17) is 11.6 Å². The van der Waals surface area contributed by atoms with Gasteiger partial charge >= 0.3 is 0 Å². The van der Waals surface area contributed by atoms with E-state index in [9.17, 15) is 9.90 Å². The SMILES string of the molecule is CCc1cc(O)c(CC=O)cc1Cl. The number of phenols is 1. The van der Waals surface area contributed by atoms with Gasteiger partial charge in [0.15, 0.2) is 0 Å². The zero-order valence-electron chi connectivity index (χ0n) is 7.38. The van der Waals surface area contributed by atoms with E-state index in [1.54, 1.807) is 12.1 Å². The molecule has 3 heteroatoms. The molecule has 0 unspecified atom stereocenters. The van der Waals surface area contributed by atoms with E-state index in [0.717, 1.165) is 18.3 Å². The van der Waals surface area contributed by atoms with Crippen molar-refractivity contribution in [2.45, 2.75) is 19.8 Å². The molecular formula is C10H11ClO2. The van der Waals surface area contributed by atoms with E-state index in [0.29, 0.717) is 10.6 Å².